The third-order valence-corrected chi connectivity index (χ3v) is 5.18. The molecule has 0 aliphatic rings. The van der Waals surface area contributed by atoms with Gasteiger partial charge in [-0.25, -0.2) is 9.18 Å². The SMILES string of the molecule is CCOC(=O)c1[nH]c(C)c(C(=O)[C@H](C)N(Cc2ccc(F)cc2)C(=O)CC(C)C)c1C. The molecule has 1 aromatic heterocycles. The molecule has 2 aromatic rings. The number of ether oxygens (including phenoxy) is 1. The fourth-order valence-corrected chi connectivity index (χ4v) is 3.57. The van der Waals surface area contributed by atoms with E-state index in [1.54, 1.807) is 39.8 Å². The Morgan fingerprint density at radius 3 is 2.26 bits per heavy atom. The number of H-pyrrole nitrogens is 1. The van der Waals surface area contributed by atoms with Gasteiger partial charge in [0.15, 0.2) is 5.78 Å². The van der Waals surface area contributed by atoms with Gasteiger partial charge in [0.05, 0.1) is 12.6 Å². The second-order valence-electron chi connectivity index (χ2n) is 8.13. The summed E-state index contributed by atoms with van der Waals surface area (Å²) in [4.78, 5) is 43.1. The molecule has 0 fully saturated rings. The summed E-state index contributed by atoms with van der Waals surface area (Å²) < 4.78 is 18.4. The summed E-state index contributed by atoms with van der Waals surface area (Å²) in [6.07, 6.45) is 0.290. The predicted octanol–water partition coefficient (Wildman–Crippen LogP) is 4.59. The minimum absolute atomic E-state index is 0.122. The zero-order valence-corrected chi connectivity index (χ0v) is 19.0. The Morgan fingerprint density at radius 1 is 1.10 bits per heavy atom. The molecule has 2 rings (SSSR count). The van der Waals surface area contributed by atoms with Gasteiger partial charge in [0.2, 0.25) is 5.91 Å². The van der Waals surface area contributed by atoms with Gasteiger partial charge in [0.1, 0.15) is 11.5 Å². The zero-order chi connectivity index (χ0) is 23.3. The van der Waals surface area contributed by atoms with E-state index in [1.165, 1.54) is 17.0 Å². The molecule has 1 heterocycles. The molecule has 1 atom stereocenters. The molecule has 31 heavy (non-hydrogen) atoms. The van der Waals surface area contributed by atoms with Gasteiger partial charge in [-0.05, 0) is 56.9 Å². The second kappa shape index (κ2) is 10.4. The van der Waals surface area contributed by atoms with Crippen LogP contribution in [0.3, 0.4) is 0 Å². The molecule has 7 heteroatoms. The van der Waals surface area contributed by atoms with Crippen molar-refractivity contribution in [2.45, 2.75) is 60.5 Å². The van der Waals surface area contributed by atoms with Crippen LogP contribution in [-0.2, 0) is 16.1 Å². The third-order valence-electron chi connectivity index (χ3n) is 5.18. The Labute approximate surface area is 182 Å². The maximum absolute atomic E-state index is 13.4. The predicted molar refractivity (Wildman–Crippen MR) is 116 cm³/mol. The molecule has 1 aromatic carbocycles. The molecular formula is C24H31FN2O4. The Bertz CT molecular complexity index is 947. The van der Waals surface area contributed by atoms with Gasteiger partial charge in [-0.1, -0.05) is 26.0 Å². The molecule has 0 aliphatic heterocycles. The molecule has 0 radical (unpaired) electrons. The summed E-state index contributed by atoms with van der Waals surface area (Å²) >= 11 is 0. The largest absolute Gasteiger partial charge is 0.461 e. The van der Waals surface area contributed by atoms with E-state index in [4.69, 9.17) is 4.74 Å². The van der Waals surface area contributed by atoms with Crippen molar-refractivity contribution in [3.8, 4) is 0 Å². The van der Waals surface area contributed by atoms with Crippen LogP contribution >= 0.6 is 0 Å². The van der Waals surface area contributed by atoms with Crippen molar-refractivity contribution in [2.75, 3.05) is 6.61 Å². The number of carbonyl (C=O) groups excluding carboxylic acids is 3. The number of hydrogen-bond donors (Lipinski definition) is 1. The number of hydrogen-bond acceptors (Lipinski definition) is 4. The van der Waals surface area contributed by atoms with Gasteiger partial charge in [-0.15, -0.1) is 0 Å². The number of esters is 1. The summed E-state index contributed by atoms with van der Waals surface area (Å²) in [5.74, 6) is -1.18. The minimum atomic E-state index is -0.764. The number of rotatable bonds is 9. The van der Waals surface area contributed by atoms with Crippen LogP contribution in [0.1, 0.15) is 71.8 Å². The third kappa shape index (κ3) is 5.81. The van der Waals surface area contributed by atoms with Crippen LogP contribution in [0.2, 0.25) is 0 Å². The van der Waals surface area contributed by atoms with Crippen LogP contribution in [-0.4, -0.2) is 40.2 Å². The van der Waals surface area contributed by atoms with Gasteiger partial charge in [0, 0.05) is 24.2 Å². The van der Waals surface area contributed by atoms with Crippen molar-refractivity contribution in [3.05, 3.63) is 58.2 Å². The van der Waals surface area contributed by atoms with Crippen molar-refractivity contribution >= 4 is 17.7 Å². The molecule has 1 amide bonds. The van der Waals surface area contributed by atoms with Gasteiger partial charge in [-0.2, -0.15) is 0 Å². The van der Waals surface area contributed by atoms with E-state index in [0.29, 0.717) is 16.8 Å². The monoisotopic (exact) mass is 430 g/mol. The lowest BCUT2D eigenvalue weighted by Gasteiger charge is -2.29. The van der Waals surface area contributed by atoms with Crippen LogP contribution in [0.25, 0.3) is 0 Å². The molecule has 1 N–H and O–H groups in total. The average Bonchev–Trinajstić information content (AvgIpc) is 3.00. The number of ketones is 1. The fraction of sp³-hybridized carbons (Fsp3) is 0.458. The molecule has 0 aliphatic carbocycles. The van der Waals surface area contributed by atoms with E-state index in [0.717, 1.165) is 5.56 Å². The first-order valence-corrected chi connectivity index (χ1v) is 10.5. The number of nitrogens with zero attached hydrogens (tertiary/aromatic N) is 1. The summed E-state index contributed by atoms with van der Waals surface area (Å²) in [6.45, 7) is 11.1. The van der Waals surface area contributed by atoms with E-state index in [9.17, 15) is 18.8 Å². The van der Waals surface area contributed by atoms with E-state index in [-0.39, 0.29) is 48.7 Å². The van der Waals surface area contributed by atoms with E-state index in [1.807, 2.05) is 13.8 Å². The van der Waals surface area contributed by atoms with E-state index in [2.05, 4.69) is 4.98 Å². The van der Waals surface area contributed by atoms with Crippen LogP contribution in [0.5, 0.6) is 0 Å². The van der Waals surface area contributed by atoms with Gasteiger partial charge in [-0.3, -0.25) is 9.59 Å². The van der Waals surface area contributed by atoms with Crippen LogP contribution < -0.4 is 0 Å². The van der Waals surface area contributed by atoms with Crippen molar-refractivity contribution in [2.24, 2.45) is 5.92 Å². The highest BCUT2D eigenvalue weighted by Gasteiger charge is 2.31. The number of aromatic nitrogens is 1. The fourth-order valence-electron chi connectivity index (χ4n) is 3.57. The minimum Gasteiger partial charge on any atom is -0.461 e. The van der Waals surface area contributed by atoms with Crippen LogP contribution in [0, 0.1) is 25.6 Å². The highest BCUT2D eigenvalue weighted by molar-refractivity contribution is 6.06. The average molecular weight is 431 g/mol. The lowest BCUT2D eigenvalue weighted by atomic mass is 9.98. The Kier molecular flexibility index (Phi) is 8.14. The van der Waals surface area contributed by atoms with Crippen LogP contribution in [0.4, 0.5) is 4.39 Å². The molecule has 168 valence electrons. The molecule has 0 saturated heterocycles. The van der Waals surface area contributed by atoms with Crippen molar-refractivity contribution in [1.82, 2.24) is 9.88 Å². The Balaban J connectivity index is 2.38. The number of aromatic amines is 1. The van der Waals surface area contributed by atoms with Crippen LogP contribution in [0.15, 0.2) is 24.3 Å². The number of Topliss-reactive ketones (excluding diaryl/α,β-unsaturated/α-hetero) is 1. The van der Waals surface area contributed by atoms with Crippen molar-refractivity contribution in [1.29, 1.82) is 0 Å². The first-order valence-electron chi connectivity index (χ1n) is 10.5. The van der Waals surface area contributed by atoms with Crippen molar-refractivity contribution < 1.29 is 23.5 Å². The van der Waals surface area contributed by atoms with Crippen molar-refractivity contribution in [3.63, 3.8) is 0 Å². The molecule has 0 spiro atoms. The highest BCUT2D eigenvalue weighted by Crippen LogP contribution is 2.23. The Morgan fingerprint density at radius 2 is 1.71 bits per heavy atom. The second-order valence-corrected chi connectivity index (χ2v) is 8.13. The maximum Gasteiger partial charge on any atom is 0.355 e. The first kappa shape index (κ1) is 24.3. The highest BCUT2D eigenvalue weighted by atomic mass is 19.1. The van der Waals surface area contributed by atoms with Gasteiger partial charge < -0.3 is 14.6 Å². The lowest BCUT2D eigenvalue weighted by molar-refractivity contribution is -0.133. The number of halogens is 1. The van der Waals surface area contributed by atoms with E-state index < -0.39 is 12.0 Å². The number of benzene rings is 1. The van der Waals surface area contributed by atoms with E-state index >= 15 is 0 Å². The maximum atomic E-state index is 13.4. The van der Waals surface area contributed by atoms with Gasteiger partial charge >= 0.3 is 5.97 Å². The first-order chi connectivity index (χ1) is 14.6. The quantitative estimate of drug-likeness (QED) is 0.466. The standard InChI is InChI=1S/C24H31FN2O4/c1-7-31-24(30)22-15(4)21(16(5)26-22)23(29)17(6)27(20(28)12-14(2)3)13-18-8-10-19(25)11-9-18/h8-11,14,17,26H,7,12-13H2,1-6H3/t17-/m0/s1. The molecular weight excluding hydrogens is 399 g/mol. The normalized spacial score (nSPS) is 12.0. The number of nitrogens with one attached hydrogen (secondary N) is 1. The molecule has 0 bridgehead atoms. The van der Waals surface area contributed by atoms with Gasteiger partial charge in [0.25, 0.3) is 0 Å². The molecule has 0 saturated carbocycles. The number of aryl methyl sites for hydroxylation is 1. The number of carbonyl (C=O) groups is 3. The molecule has 6 nitrogen and oxygen atoms in total. The lowest BCUT2D eigenvalue weighted by Crippen LogP contribution is -2.43. The topological polar surface area (TPSA) is 79.5 Å². The summed E-state index contributed by atoms with van der Waals surface area (Å²) in [6, 6.07) is 5.11. The number of amides is 1. The zero-order valence-electron chi connectivity index (χ0n) is 19.0. The summed E-state index contributed by atoms with van der Waals surface area (Å²) in [5.41, 5.74) is 2.42. The smallest absolute Gasteiger partial charge is 0.355 e. The molecule has 0 unspecified atom stereocenters. The Hall–Kier alpha value is -2.96. The summed E-state index contributed by atoms with van der Waals surface area (Å²) in [7, 11) is 0. The summed E-state index contributed by atoms with van der Waals surface area (Å²) in [5, 5.41) is 0.